The van der Waals surface area contributed by atoms with E-state index in [1.54, 1.807) is 24.3 Å². The Labute approximate surface area is 123 Å². The molecule has 1 aromatic carbocycles. The molecule has 2 rings (SSSR count). The fourth-order valence-electron chi connectivity index (χ4n) is 2.47. The van der Waals surface area contributed by atoms with Gasteiger partial charge in [0.15, 0.2) is 0 Å². The van der Waals surface area contributed by atoms with Crippen molar-refractivity contribution < 1.29 is 19.4 Å². The first kappa shape index (κ1) is 15.2. The van der Waals surface area contributed by atoms with Crippen molar-refractivity contribution in [2.24, 2.45) is 11.7 Å². The van der Waals surface area contributed by atoms with Gasteiger partial charge in [-0.05, 0) is 49.4 Å². The van der Waals surface area contributed by atoms with Gasteiger partial charge in [0.05, 0.1) is 6.61 Å². The van der Waals surface area contributed by atoms with Crippen LogP contribution < -0.4 is 10.5 Å². The predicted molar refractivity (Wildman–Crippen MR) is 77.4 cm³/mol. The second-order valence-corrected chi connectivity index (χ2v) is 5.24. The lowest BCUT2D eigenvalue weighted by atomic mass is 9.94. The Kier molecular flexibility index (Phi) is 5.03. The van der Waals surface area contributed by atoms with Gasteiger partial charge in [-0.2, -0.15) is 0 Å². The van der Waals surface area contributed by atoms with Crippen LogP contribution in [-0.2, 0) is 0 Å². The summed E-state index contributed by atoms with van der Waals surface area (Å²) in [7, 11) is 0. The molecule has 1 fully saturated rings. The molecule has 1 saturated heterocycles. The highest BCUT2D eigenvalue weighted by Gasteiger charge is 2.21. The van der Waals surface area contributed by atoms with Crippen LogP contribution in [0.15, 0.2) is 24.3 Å². The molecular weight excluding hydrogens is 272 g/mol. The first-order valence-electron chi connectivity index (χ1n) is 7.07. The number of piperidine rings is 1. The van der Waals surface area contributed by atoms with E-state index in [2.05, 4.69) is 0 Å². The first-order valence-corrected chi connectivity index (χ1v) is 7.07. The van der Waals surface area contributed by atoms with Crippen LogP contribution in [0.3, 0.4) is 0 Å². The van der Waals surface area contributed by atoms with E-state index < -0.39 is 12.0 Å². The molecule has 0 atom stereocenters. The van der Waals surface area contributed by atoms with Crippen LogP contribution in [0.4, 0.5) is 4.79 Å². The third kappa shape index (κ3) is 4.37. The van der Waals surface area contributed by atoms with Gasteiger partial charge in [0.25, 0.3) is 0 Å². The molecule has 0 saturated carbocycles. The van der Waals surface area contributed by atoms with Gasteiger partial charge in [0.1, 0.15) is 5.75 Å². The summed E-state index contributed by atoms with van der Waals surface area (Å²) in [5, 5.41) is 8.88. The largest absolute Gasteiger partial charge is 0.494 e. The number of nitrogens with zero attached hydrogens (tertiary/aromatic N) is 1. The third-order valence-corrected chi connectivity index (χ3v) is 3.82. The average Bonchev–Trinajstić information content (AvgIpc) is 2.48. The molecule has 114 valence electrons. The fourth-order valence-corrected chi connectivity index (χ4v) is 2.47. The summed E-state index contributed by atoms with van der Waals surface area (Å²) in [6.45, 7) is 1.80. The summed E-state index contributed by atoms with van der Waals surface area (Å²) in [5.74, 6) is 0.764. The van der Waals surface area contributed by atoms with E-state index in [1.165, 1.54) is 4.90 Å². The molecule has 0 unspecified atom stereocenters. The van der Waals surface area contributed by atoms with Gasteiger partial charge in [-0.1, -0.05) is 0 Å². The number of benzene rings is 1. The summed E-state index contributed by atoms with van der Waals surface area (Å²) in [4.78, 5) is 23.2. The van der Waals surface area contributed by atoms with Gasteiger partial charge in [-0.25, -0.2) is 4.79 Å². The van der Waals surface area contributed by atoms with Gasteiger partial charge < -0.3 is 20.5 Å². The molecule has 1 aromatic rings. The number of carbonyl (C=O) groups is 2. The second kappa shape index (κ2) is 6.97. The van der Waals surface area contributed by atoms with Gasteiger partial charge in [0.2, 0.25) is 5.91 Å². The molecule has 21 heavy (non-hydrogen) atoms. The molecule has 1 aliphatic rings. The number of rotatable bonds is 5. The monoisotopic (exact) mass is 292 g/mol. The smallest absolute Gasteiger partial charge is 0.407 e. The van der Waals surface area contributed by atoms with Gasteiger partial charge >= 0.3 is 6.09 Å². The maximum atomic E-state index is 10.9. The van der Waals surface area contributed by atoms with E-state index in [0.29, 0.717) is 36.9 Å². The molecule has 6 heteroatoms. The molecule has 6 nitrogen and oxygen atoms in total. The van der Waals surface area contributed by atoms with Crippen LogP contribution in [0, 0.1) is 5.92 Å². The second-order valence-electron chi connectivity index (χ2n) is 5.24. The van der Waals surface area contributed by atoms with Crippen LogP contribution in [-0.4, -0.2) is 41.7 Å². The van der Waals surface area contributed by atoms with Crippen molar-refractivity contribution >= 4 is 12.0 Å². The zero-order valence-corrected chi connectivity index (χ0v) is 11.8. The number of hydrogen-bond acceptors (Lipinski definition) is 3. The molecular formula is C15H20N2O4. The van der Waals surface area contributed by atoms with Crippen molar-refractivity contribution in [1.29, 1.82) is 0 Å². The van der Waals surface area contributed by atoms with Crippen molar-refractivity contribution in [3.05, 3.63) is 29.8 Å². The summed E-state index contributed by atoms with van der Waals surface area (Å²) < 4.78 is 5.64. The lowest BCUT2D eigenvalue weighted by molar-refractivity contribution is 0.1000. The Morgan fingerprint density at radius 3 is 2.38 bits per heavy atom. The van der Waals surface area contributed by atoms with E-state index in [1.807, 2.05) is 0 Å². The van der Waals surface area contributed by atoms with Crippen molar-refractivity contribution in [2.75, 3.05) is 19.7 Å². The van der Waals surface area contributed by atoms with Crippen LogP contribution in [0.2, 0.25) is 0 Å². The maximum Gasteiger partial charge on any atom is 0.407 e. The minimum atomic E-state index is -0.834. The lowest BCUT2D eigenvalue weighted by Gasteiger charge is -2.29. The minimum Gasteiger partial charge on any atom is -0.494 e. The predicted octanol–water partition coefficient (Wildman–Crippen LogP) is 1.94. The number of ether oxygens (including phenoxy) is 1. The van der Waals surface area contributed by atoms with Crippen molar-refractivity contribution in [1.82, 2.24) is 4.90 Å². The SMILES string of the molecule is NC(=O)c1ccc(OCCC2CCN(C(=O)O)CC2)cc1. The maximum absolute atomic E-state index is 10.9. The molecule has 3 N–H and O–H groups in total. The standard InChI is InChI=1S/C15H20N2O4/c16-14(18)12-1-3-13(4-2-12)21-10-7-11-5-8-17(9-6-11)15(19)20/h1-4,11H,5-10H2,(H2,16,18)(H,19,20). The number of primary amides is 1. The Balaban J connectivity index is 1.70. The van der Waals surface area contributed by atoms with Crippen molar-refractivity contribution in [3.63, 3.8) is 0 Å². The normalized spacial score (nSPS) is 15.7. The Morgan fingerprint density at radius 1 is 1.24 bits per heavy atom. The summed E-state index contributed by atoms with van der Waals surface area (Å²) in [6.07, 6.45) is 1.84. The third-order valence-electron chi connectivity index (χ3n) is 3.82. The quantitative estimate of drug-likeness (QED) is 0.867. The Hall–Kier alpha value is -2.24. The Morgan fingerprint density at radius 2 is 1.86 bits per heavy atom. The molecule has 0 spiro atoms. The van der Waals surface area contributed by atoms with E-state index in [9.17, 15) is 9.59 Å². The first-order chi connectivity index (χ1) is 10.1. The van der Waals surface area contributed by atoms with Crippen molar-refractivity contribution in [2.45, 2.75) is 19.3 Å². The number of likely N-dealkylation sites (tertiary alicyclic amines) is 1. The van der Waals surface area contributed by atoms with Crippen LogP contribution in [0.25, 0.3) is 0 Å². The van der Waals surface area contributed by atoms with E-state index in [4.69, 9.17) is 15.6 Å². The molecule has 1 heterocycles. The number of amides is 2. The fraction of sp³-hybridized carbons (Fsp3) is 0.467. The van der Waals surface area contributed by atoms with Crippen LogP contribution in [0.5, 0.6) is 5.75 Å². The molecule has 1 aliphatic heterocycles. The number of hydrogen-bond donors (Lipinski definition) is 2. The van der Waals surface area contributed by atoms with Crippen LogP contribution >= 0.6 is 0 Å². The molecule has 0 bridgehead atoms. The minimum absolute atomic E-state index is 0.452. The average molecular weight is 292 g/mol. The van der Waals surface area contributed by atoms with E-state index in [-0.39, 0.29) is 0 Å². The number of nitrogens with two attached hydrogens (primary N) is 1. The molecule has 0 aromatic heterocycles. The summed E-state index contributed by atoms with van der Waals surface area (Å²) in [6, 6.07) is 6.74. The zero-order chi connectivity index (χ0) is 15.2. The lowest BCUT2D eigenvalue weighted by Crippen LogP contribution is -2.37. The van der Waals surface area contributed by atoms with Gasteiger partial charge in [-0.15, -0.1) is 0 Å². The number of carboxylic acid groups (broad SMARTS) is 1. The molecule has 2 amide bonds. The zero-order valence-electron chi connectivity index (χ0n) is 11.8. The molecule has 0 radical (unpaired) electrons. The van der Waals surface area contributed by atoms with Gasteiger partial charge in [-0.3, -0.25) is 4.79 Å². The van der Waals surface area contributed by atoms with E-state index >= 15 is 0 Å². The topological polar surface area (TPSA) is 92.9 Å². The van der Waals surface area contributed by atoms with E-state index in [0.717, 1.165) is 19.3 Å². The van der Waals surface area contributed by atoms with Crippen LogP contribution in [0.1, 0.15) is 29.6 Å². The summed E-state index contributed by atoms with van der Waals surface area (Å²) >= 11 is 0. The highest BCUT2D eigenvalue weighted by atomic mass is 16.5. The highest BCUT2D eigenvalue weighted by Crippen LogP contribution is 2.21. The van der Waals surface area contributed by atoms with Gasteiger partial charge in [0, 0.05) is 18.7 Å². The Bertz CT molecular complexity index is 493. The number of carbonyl (C=O) groups excluding carboxylic acids is 1. The highest BCUT2D eigenvalue weighted by molar-refractivity contribution is 5.92. The summed E-state index contributed by atoms with van der Waals surface area (Å²) in [5.41, 5.74) is 5.63. The molecule has 0 aliphatic carbocycles. The van der Waals surface area contributed by atoms with Crippen molar-refractivity contribution in [3.8, 4) is 5.75 Å².